The first-order valence-corrected chi connectivity index (χ1v) is 9.58. The van der Waals surface area contributed by atoms with Crippen molar-refractivity contribution in [2.24, 2.45) is 10.1 Å². The van der Waals surface area contributed by atoms with E-state index < -0.39 is 5.91 Å². The number of hydrogen-bond acceptors (Lipinski definition) is 4. The zero-order chi connectivity index (χ0) is 19.3. The maximum absolute atomic E-state index is 12.4. The molecule has 0 unspecified atom stereocenters. The third-order valence-electron chi connectivity index (χ3n) is 4.34. The first-order valence-electron chi connectivity index (χ1n) is 7.94. The van der Waals surface area contributed by atoms with Gasteiger partial charge in [0.2, 0.25) is 0 Å². The molecule has 2 aliphatic rings. The lowest BCUT2D eigenvalue weighted by molar-refractivity contribution is -0.114. The predicted molar refractivity (Wildman–Crippen MR) is 111 cm³/mol. The van der Waals surface area contributed by atoms with E-state index in [9.17, 15) is 4.79 Å². The fourth-order valence-corrected chi connectivity index (χ4v) is 4.05. The van der Waals surface area contributed by atoms with Gasteiger partial charge in [0.1, 0.15) is 0 Å². The SMILES string of the molecule is Cc1cc(/C=C2\C(=N)N3N=CSC3=NC2=O)c(C)n1-c1cccc(Cl)c1Cl. The van der Waals surface area contributed by atoms with E-state index in [1.165, 1.54) is 16.8 Å². The Morgan fingerprint density at radius 1 is 1.26 bits per heavy atom. The molecule has 2 aromatic rings. The molecule has 0 radical (unpaired) electrons. The minimum absolute atomic E-state index is 0.0110. The molecule has 4 rings (SSSR count). The van der Waals surface area contributed by atoms with Gasteiger partial charge in [-0.3, -0.25) is 10.2 Å². The Labute approximate surface area is 169 Å². The molecule has 2 aliphatic heterocycles. The summed E-state index contributed by atoms with van der Waals surface area (Å²) in [4.78, 5) is 16.4. The summed E-state index contributed by atoms with van der Waals surface area (Å²) in [6, 6.07) is 7.38. The van der Waals surface area contributed by atoms with E-state index in [0.717, 1.165) is 22.6 Å². The summed E-state index contributed by atoms with van der Waals surface area (Å²) < 4.78 is 1.97. The van der Waals surface area contributed by atoms with Crippen molar-refractivity contribution in [1.82, 2.24) is 9.58 Å². The summed E-state index contributed by atoms with van der Waals surface area (Å²) in [7, 11) is 0. The largest absolute Gasteiger partial charge is 0.316 e. The number of nitrogens with zero attached hydrogens (tertiary/aromatic N) is 4. The van der Waals surface area contributed by atoms with Gasteiger partial charge in [-0.15, -0.1) is 0 Å². The van der Waals surface area contributed by atoms with Crippen LogP contribution in [0.5, 0.6) is 0 Å². The molecule has 1 amide bonds. The van der Waals surface area contributed by atoms with Crippen LogP contribution in [-0.2, 0) is 4.79 Å². The Morgan fingerprint density at radius 2 is 2.04 bits per heavy atom. The molecule has 0 fully saturated rings. The van der Waals surface area contributed by atoms with Crippen LogP contribution in [-0.4, -0.2) is 32.0 Å². The summed E-state index contributed by atoms with van der Waals surface area (Å²) in [5.41, 5.74) is 5.10. The number of nitrogens with one attached hydrogen (secondary N) is 1. The minimum atomic E-state index is -0.449. The Kier molecular flexibility index (Phi) is 4.46. The third kappa shape index (κ3) is 2.92. The quantitative estimate of drug-likeness (QED) is 0.722. The molecular weight excluding hydrogens is 405 g/mol. The summed E-state index contributed by atoms with van der Waals surface area (Å²) in [5, 5.41) is 15.0. The van der Waals surface area contributed by atoms with Gasteiger partial charge < -0.3 is 4.57 Å². The number of halogens is 2. The zero-order valence-corrected chi connectivity index (χ0v) is 16.7. The van der Waals surface area contributed by atoms with Crippen LogP contribution in [0.15, 0.2) is 39.9 Å². The molecule has 0 bridgehead atoms. The van der Waals surface area contributed by atoms with E-state index in [-0.39, 0.29) is 11.4 Å². The van der Waals surface area contributed by atoms with Gasteiger partial charge in [-0.1, -0.05) is 29.3 Å². The second-order valence-corrected chi connectivity index (χ2v) is 7.59. The maximum Gasteiger partial charge on any atom is 0.283 e. The molecule has 0 saturated heterocycles. The minimum Gasteiger partial charge on any atom is -0.316 e. The van der Waals surface area contributed by atoms with Crippen molar-refractivity contribution >= 4 is 63.5 Å². The molecule has 0 spiro atoms. The molecule has 3 heterocycles. The highest BCUT2D eigenvalue weighted by atomic mass is 35.5. The number of fused-ring (bicyclic) bond motifs is 1. The molecular formula is C18H13Cl2N5OS. The van der Waals surface area contributed by atoms with Crippen molar-refractivity contribution in [2.75, 3.05) is 0 Å². The van der Waals surface area contributed by atoms with E-state index in [1.807, 2.05) is 36.6 Å². The normalized spacial score (nSPS) is 17.7. The number of aliphatic imine (C=N–C) groups is 1. The van der Waals surface area contributed by atoms with E-state index >= 15 is 0 Å². The molecule has 0 atom stereocenters. The number of amides is 1. The van der Waals surface area contributed by atoms with E-state index in [1.54, 1.807) is 17.7 Å². The van der Waals surface area contributed by atoms with Crippen LogP contribution in [0.1, 0.15) is 17.0 Å². The zero-order valence-electron chi connectivity index (χ0n) is 14.3. The fraction of sp³-hybridized carbons (Fsp3) is 0.111. The Morgan fingerprint density at radius 3 is 2.81 bits per heavy atom. The van der Waals surface area contributed by atoms with Crippen LogP contribution < -0.4 is 0 Å². The van der Waals surface area contributed by atoms with Gasteiger partial charge in [-0.05, 0) is 55.4 Å². The Bertz CT molecular complexity index is 1100. The summed E-state index contributed by atoms with van der Waals surface area (Å²) in [6.45, 7) is 3.87. The van der Waals surface area contributed by atoms with Crippen LogP contribution in [0, 0.1) is 19.3 Å². The number of amidine groups is 2. The van der Waals surface area contributed by atoms with Crippen molar-refractivity contribution < 1.29 is 4.79 Å². The van der Waals surface area contributed by atoms with E-state index in [4.69, 9.17) is 28.6 Å². The fourth-order valence-electron chi connectivity index (χ4n) is 3.06. The van der Waals surface area contributed by atoms with Gasteiger partial charge in [-0.25, -0.2) is 0 Å². The number of hydrazone groups is 1. The van der Waals surface area contributed by atoms with Gasteiger partial charge in [0.15, 0.2) is 11.0 Å². The van der Waals surface area contributed by atoms with Crippen LogP contribution >= 0.6 is 35.0 Å². The third-order valence-corrected chi connectivity index (χ3v) is 5.82. The summed E-state index contributed by atoms with van der Waals surface area (Å²) in [5.74, 6) is -0.438. The Balaban J connectivity index is 1.82. The molecule has 136 valence electrons. The van der Waals surface area contributed by atoms with E-state index in [0.29, 0.717) is 15.2 Å². The average molecular weight is 418 g/mol. The molecule has 1 aromatic carbocycles. The highest BCUT2D eigenvalue weighted by molar-refractivity contribution is 8.25. The number of carbonyl (C=O) groups excluding carboxylic acids is 1. The number of aryl methyl sites for hydroxylation is 1. The lowest BCUT2D eigenvalue weighted by atomic mass is 10.1. The topological polar surface area (TPSA) is 73.8 Å². The number of carbonyl (C=O) groups is 1. The number of thioether (sulfide) groups is 1. The molecule has 6 nitrogen and oxygen atoms in total. The molecule has 1 N–H and O–H groups in total. The van der Waals surface area contributed by atoms with Crippen molar-refractivity contribution in [3.05, 3.63) is 56.8 Å². The first kappa shape index (κ1) is 18.0. The lowest BCUT2D eigenvalue weighted by Gasteiger charge is -2.20. The highest BCUT2D eigenvalue weighted by Gasteiger charge is 2.32. The lowest BCUT2D eigenvalue weighted by Crippen LogP contribution is -2.35. The number of benzene rings is 1. The van der Waals surface area contributed by atoms with Crippen LogP contribution in [0.3, 0.4) is 0 Å². The molecule has 0 saturated carbocycles. The van der Waals surface area contributed by atoms with Crippen molar-refractivity contribution in [2.45, 2.75) is 13.8 Å². The van der Waals surface area contributed by atoms with Crippen molar-refractivity contribution in [3.8, 4) is 5.69 Å². The van der Waals surface area contributed by atoms with Gasteiger partial charge in [0.05, 0.1) is 26.9 Å². The maximum atomic E-state index is 12.4. The van der Waals surface area contributed by atoms with Crippen LogP contribution in [0.25, 0.3) is 11.8 Å². The second kappa shape index (κ2) is 6.67. The van der Waals surface area contributed by atoms with Crippen molar-refractivity contribution in [1.29, 1.82) is 5.41 Å². The van der Waals surface area contributed by atoms with Crippen molar-refractivity contribution in [3.63, 3.8) is 0 Å². The molecule has 27 heavy (non-hydrogen) atoms. The summed E-state index contributed by atoms with van der Waals surface area (Å²) in [6.07, 6.45) is 1.67. The second-order valence-electron chi connectivity index (χ2n) is 5.99. The first-order chi connectivity index (χ1) is 12.9. The standard InChI is InChI=1S/C18H13Cl2N5OS/c1-9-6-11(10(2)24(9)14-5-3-4-13(19)15(14)20)7-12-16(21)25-18(23-17(12)26)27-8-22-25/h3-8,21H,1-2H3/b12-7+,21-16?. The van der Waals surface area contributed by atoms with Gasteiger partial charge in [-0.2, -0.15) is 15.1 Å². The smallest absolute Gasteiger partial charge is 0.283 e. The monoisotopic (exact) mass is 417 g/mol. The summed E-state index contributed by atoms with van der Waals surface area (Å²) >= 11 is 13.8. The number of aromatic nitrogens is 1. The highest BCUT2D eigenvalue weighted by Crippen LogP contribution is 2.33. The van der Waals surface area contributed by atoms with Crippen LogP contribution in [0.2, 0.25) is 10.0 Å². The molecule has 9 heteroatoms. The van der Waals surface area contributed by atoms with E-state index in [2.05, 4.69) is 10.1 Å². The van der Waals surface area contributed by atoms with Crippen LogP contribution in [0.4, 0.5) is 0 Å². The van der Waals surface area contributed by atoms with Gasteiger partial charge in [0.25, 0.3) is 5.91 Å². The van der Waals surface area contributed by atoms with Gasteiger partial charge in [0, 0.05) is 11.4 Å². The number of hydrogen-bond donors (Lipinski definition) is 1. The molecule has 0 aliphatic carbocycles. The predicted octanol–water partition coefficient (Wildman–Crippen LogP) is 4.65. The average Bonchev–Trinajstić information content (AvgIpc) is 3.19. The Hall–Kier alpha value is -2.35. The van der Waals surface area contributed by atoms with Gasteiger partial charge >= 0.3 is 0 Å². The number of rotatable bonds is 2. The molecule has 1 aromatic heterocycles.